The molecule has 0 aliphatic carbocycles. The van der Waals surface area contributed by atoms with Gasteiger partial charge in [0.25, 0.3) is 0 Å². The third-order valence-electron chi connectivity index (χ3n) is 4.17. The van der Waals surface area contributed by atoms with Crippen molar-refractivity contribution in [2.75, 3.05) is 13.7 Å². The molecule has 0 atom stereocenters. The maximum absolute atomic E-state index is 13.7. The average molecular weight is 486 g/mol. The third-order valence-corrected chi connectivity index (χ3v) is 4.17. The average Bonchev–Trinajstić information content (AvgIpc) is 2.62. The minimum Gasteiger partial charge on any atom is -0.496 e. The summed E-state index contributed by atoms with van der Waals surface area (Å²) in [7, 11) is 1.67. The van der Waals surface area contributed by atoms with E-state index in [2.05, 4.69) is 20.6 Å². The Balaban J connectivity index is 0.00000364. The highest BCUT2D eigenvalue weighted by molar-refractivity contribution is 14.0. The van der Waals surface area contributed by atoms with E-state index in [1.807, 2.05) is 33.0 Å². The van der Waals surface area contributed by atoms with Crippen molar-refractivity contribution in [3.05, 3.63) is 58.2 Å². The zero-order chi connectivity index (χ0) is 19.1. The van der Waals surface area contributed by atoms with Crippen molar-refractivity contribution in [2.24, 2.45) is 4.99 Å². The number of pyridine rings is 1. The van der Waals surface area contributed by atoms with Gasteiger partial charge in [-0.15, -0.1) is 24.0 Å². The molecule has 7 heteroatoms. The van der Waals surface area contributed by atoms with Crippen molar-refractivity contribution in [2.45, 2.75) is 40.8 Å². The zero-order valence-corrected chi connectivity index (χ0v) is 18.8. The van der Waals surface area contributed by atoms with E-state index in [1.165, 1.54) is 6.07 Å². The minimum absolute atomic E-state index is 0. The van der Waals surface area contributed by atoms with Gasteiger partial charge in [-0.25, -0.2) is 9.38 Å². The van der Waals surface area contributed by atoms with Crippen LogP contribution in [0.1, 0.15) is 34.9 Å². The van der Waals surface area contributed by atoms with E-state index >= 15 is 0 Å². The van der Waals surface area contributed by atoms with Crippen molar-refractivity contribution in [1.82, 2.24) is 15.6 Å². The predicted octanol–water partition coefficient (Wildman–Crippen LogP) is 4.03. The molecule has 0 bridgehead atoms. The molecule has 148 valence electrons. The molecule has 0 aliphatic heterocycles. The second kappa shape index (κ2) is 11.1. The van der Waals surface area contributed by atoms with Crippen LogP contribution < -0.4 is 15.4 Å². The van der Waals surface area contributed by atoms with Gasteiger partial charge in [0.15, 0.2) is 5.96 Å². The van der Waals surface area contributed by atoms with E-state index in [1.54, 1.807) is 20.1 Å². The van der Waals surface area contributed by atoms with Crippen LogP contribution in [0.5, 0.6) is 5.75 Å². The maximum atomic E-state index is 13.7. The first kappa shape index (κ1) is 23.1. The van der Waals surface area contributed by atoms with Crippen LogP contribution in [0, 0.1) is 26.6 Å². The number of rotatable bonds is 6. The Bertz CT molecular complexity index is 796. The van der Waals surface area contributed by atoms with Crippen molar-refractivity contribution in [1.29, 1.82) is 0 Å². The van der Waals surface area contributed by atoms with Gasteiger partial charge in [-0.2, -0.15) is 0 Å². The molecule has 0 saturated heterocycles. The lowest BCUT2D eigenvalue weighted by Crippen LogP contribution is -2.37. The first-order valence-electron chi connectivity index (χ1n) is 8.72. The number of halogens is 2. The molecule has 1 heterocycles. The van der Waals surface area contributed by atoms with Gasteiger partial charge in [0.05, 0.1) is 25.9 Å². The monoisotopic (exact) mass is 486 g/mol. The number of nitrogens with zero attached hydrogens (tertiary/aromatic N) is 2. The zero-order valence-electron chi connectivity index (χ0n) is 16.5. The number of nitrogens with one attached hydrogen (secondary N) is 2. The Morgan fingerprint density at radius 3 is 2.56 bits per heavy atom. The lowest BCUT2D eigenvalue weighted by Gasteiger charge is -2.15. The number of hydrogen-bond donors (Lipinski definition) is 2. The van der Waals surface area contributed by atoms with Gasteiger partial charge < -0.3 is 15.4 Å². The molecule has 1 aromatic carbocycles. The number of benzene rings is 1. The minimum atomic E-state index is -0.206. The van der Waals surface area contributed by atoms with Crippen molar-refractivity contribution >= 4 is 29.9 Å². The summed E-state index contributed by atoms with van der Waals surface area (Å²) in [5, 5.41) is 6.47. The number of guanidine groups is 1. The van der Waals surface area contributed by atoms with Crippen molar-refractivity contribution in [3.8, 4) is 5.75 Å². The van der Waals surface area contributed by atoms with Crippen LogP contribution in [0.2, 0.25) is 0 Å². The maximum Gasteiger partial charge on any atom is 0.191 e. The topological polar surface area (TPSA) is 58.5 Å². The number of aryl methyl sites for hydroxylation is 2. The summed E-state index contributed by atoms with van der Waals surface area (Å²) >= 11 is 0. The van der Waals surface area contributed by atoms with Crippen molar-refractivity contribution < 1.29 is 9.13 Å². The van der Waals surface area contributed by atoms with Crippen LogP contribution in [0.15, 0.2) is 29.4 Å². The fourth-order valence-corrected chi connectivity index (χ4v) is 2.66. The van der Waals surface area contributed by atoms with Crippen LogP contribution >= 0.6 is 24.0 Å². The van der Waals surface area contributed by atoms with E-state index in [-0.39, 0.29) is 29.8 Å². The van der Waals surface area contributed by atoms with Crippen LogP contribution in [0.25, 0.3) is 0 Å². The standard InChI is InChI=1S/C20H27FN4O.HI/c1-6-22-20(24-11-16-8-7-13(2)17(21)9-16)25-12-18-15(4)19(26-5)14(3)10-23-18;/h7-10H,6,11-12H2,1-5H3,(H2,22,24,25);1H. The van der Waals surface area contributed by atoms with Gasteiger partial charge in [-0.1, -0.05) is 12.1 Å². The highest BCUT2D eigenvalue weighted by Gasteiger charge is 2.10. The van der Waals surface area contributed by atoms with Gasteiger partial charge in [0, 0.05) is 23.9 Å². The molecular weight excluding hydrogens is 458 g/mol. The number of methoxy groups -OCH3 is 1. The second-order valence-electron chi connectivity index (χ2n) is 6.18. The highest BCUT2D eigenvalue weighted by atomic mass is 127. The molecule has 2 N–H and O–H groups in total. The summed E-state index contributed by atoms with van der Waals surface area (Å²) in [6.07, 6.45) is 1.81. The number of ether oxygens (including phenoxy) is 1. The summed E-state index contributed by atoms with van der Waals surface area (Å²) in [4.78, 5) is 9.01. The van der Waals surface area contributed by atoms with E-state index < -0.39 is 0 Å². The molecule has 0 saturated carbocycles. The normalized spacial score (nSPS) is 11.0. The molecule has 0 spiro atoms. The molecule has 0 aliphatic rings. The molecular formula is C20H28FIN4O. The number of aromatic nitrogens is 1. The Kier molecular flexibility index (Phi) is 9.48. The van der Waals surface area contributed by atoms with Crippen LogP contribution in [-0.2, 0) is 13.1 Å². The van der Waals surface area contributed by atoms with Crippen LogP contribution in [0.4, 0.5) is 4.39 Å². The van der Waals surface area contributed by atoms with Crippen LogP contribution in [0.3, 0.4) is 0 Å². The fourth-order valence-electron chi connectivity index (χ4n) is 2.66. The number of aliphatic imine (C=N–C) groups is 1. The summed E-state index contributed by atoms with van der Waals surface area (Å²) in [5.74, 6) is 1.31. The molecule has 1 aromatic heterocycles. The first-order valence-corrected chi connectivity index (χ1v) is 8.72. The van der Waals surface area contributed by atoms with Gasteiger partial charge in [-0.3, -0.25) is 4.98 Å². The molecule has 0 amide bonds. The van der Waals surface area contributed by atoms with Gasteiger partial charge >= 0.3 is 0 Å². The highest BCUT2D eigenvalue weighted by Crippen LogP contribution is 2.23. The summed E-state index contributed by atoms with van der Waals surface area (Å²) in [6, 6.07) is 5.19. The van der Waals surface area contributed by atoms with Crippen molar-refractivity contribution in [3.63, 3.8) is 0 Å². The largest absolute Gasteiger partial charge is 0.496 e. The summed E-state index contributed by atoms with van der Waals surface area (Å²) < 4.78 is 19.1. The van der Waals surface area contributed by atoms with E-state index in [9.17, 15) is 4.39 Å². The van der Waals surface area contributed by atoms with E-state index in [0.29, 0.717) is 24.6 Å². The second-order valence-corrected chi connectivity index (χ2v) is 6.18. The molecule has 0 unspecified atom stereocenters. The van der Waals surface area contributed by atoms with E-state index in [4.69, 9.17) is 4.74 Å². The Labute approximate surface area is 177 Å². The quantitative estimate of drug-likeness (QED) is 0.368. The molecule has 2 aromatic rings. The Hall–Kier alpha value is -1.90. The third kappa shape index (κ3) is 6.34. The molecule has 27 heavy (non-hydrogen) atoms. The lowest BCUT2D eigenvalue weighted by atomic mass is 10.1. The summed E-state index contributed by atoms with van der Waals surface area (Å²) in [6.45, 7) is 9.38. The smallest absolute Gasteiger partial charge is 0.191 e. The van der Waals surface area contributed by atoms with Gasteiger partial charge in [0.2, 0.25) is 0 Å². The first-order chi connectivity index (χ1) is 12.5. The van der Waals surface area contributed by atoms with E-state index in [0.717, 1.165) is 34.7 Å². The van der Waals surface area contributed by atoms with Gasteiger partial charge in [-0.05, 0) is 44.9 Å². The summed E-state index contributed by atoms with van der Waals surface area (Å²) in [5.41, 5.74) is 4.39. The Morgan fingerprint density at radius 1 is 1.19 bits per heavy atom. The predicted molar refractivity (Wildman–Crippen MR) is 118 cm³/mol. The molecule has 0 fully saturated rings. The molecule has 5 nitrogen and oxygen atoms in total. The lowest BCUT2D eigenvalue weighted by molar-refractivity contribution is 0.406. The fraction of sp³-hybridized carbons (Fsp3) is 0.400. The van der Waals surface area contributed by atoms with Gasteiger partial charge in [0.1, 0.15) is 11.6 Å². The molecule has 2 rings (SSSR count). The Morgan fingerprint density at radius 2 is 1.93 bits per heavy atom. The number of hydrogen-bond acceptors (Lipinski definition) is 3. The molecule has 0 radical (unpaired) electrons. The SMILES string of the molecule is CCNC(=NCc1ccc(C)c(F)c1)NCc1ncc(C)c(OC)c1C.I. The van der Waals surface area contributed by atoms with Crippen LogP contribution in [-0.4, -0.2) is 24.6 Å².